The van der Waals surface area contributed by atoms with E-state index in [2.05, 4.69) is 64.5 Å². The van der Waals surface area contributed by atoms with Crippen molar-refractivity contribution in [1.29, 1.82) is 0 Å². The minimum absolute atomic E-state index is 0.649. The molecule has 2 aromatic carbocycles. The van der Waals surface area contributed by atoms with Gasteiger partial charge in [-0.3, -0.25) is 0 Å². The molecule has 0 radical (unpaired) electrons. The summed E-state index contributed by atoms with van der Waals surface area (Å²) in [5.74, 6) is 1.30. The Morgan fingerprint density at radius 1 is 0.786 bits per heavy atom. The Labute approximate surface area is 187 Å². The van der Waals surface area contributed by atoms with Crippen molar-refractivity contribution in [1.82, 2.24) is 4.90 Å². The van der Waals surface area contributed by atoms with Crippen LogP contribution in [0.5, 0.6) is 0 Å². The van der Waals surface area contributed by atoms with Gasteiger partial charge in [-0.2, -0.15) is 0 Å². The molecule has 0 unspecified atom stereocenters. The second-order valence-electron chi connectivity index (χ2n) is 8.52. The molecule has 0 aromatic heterocycles. The van der Waals surface area contributed by atoms with Gasteiger partial charge in [0.25, 0.3) is 0 Å². The number of nitrogens with zero attached hydrogens (tertiary/aromatic N) is 1. The summed E-state index contributed by atoms with van der Waals surface area (Å²) in [6.45, 7) is 12.3. The molecule has 0 aliphatic rings. The number of benzene rings is 2. The minimum Gasteiger partial charge on any atom is -0.380 e. The molecule has 0 saturated heterocycles. The smallest absolute Gasteiger partial charge is 0.115 e. The Bertz CT molecular complexity index is 655. The first-order chi connectivity index (χ1) is 13.2. The van der Waals surface area contributed by atoms with Crippen LogP contribution >= 0.6 is 31.9 Å². The molecule has 0 aliphatic carbocycles. The SMILES string of the molecule is CC(C)CN(CCCC(O)(c1ccc(Br)cc1)c1ccc(Br)cc1)CC(C)C. The first-order valence-corrected chi connectivity index (χ1v) is 11.8. The molecule has 0 saturated carbocycles. The van der Waals surface area contributed by atoms with Crippen LogP contribution in [0.2, 0.25) is 0 Å². The third kappa shape index (κ3) is 6.98. The van der Waals surface area contributed by atoms with Crippen molar-refractivity contribution in [3.05, 3.63) is 68.6 Å². The van der Waals surface area contributed by atoms with Crippen molar-refractivity contribution < 1.29 is 5.11 Å². The molecule has 4 heteroatoms. The standard InChI is InChI=1S/C24H33Br2NO/c1-18(2)16-27(17-19(3)4)15-5-14-24(28,20-6-10-22(25)11-7-20)21-8-12-23(26)13-9-21/h6-13,18-19,28H,5,14-17H2,1-4H3. The van der Waals surface area contributed by atoms with Gasteiger partial charge in [-0.25, -0.2) is 0 Å². The van der Waals surface area contributed by atoms with E-state index >= 15 is 0 Å². The minimum atomic E-state index is -0.983. The van der Waals surface area contributed by atoms with Gasteiger partial charge in [0.05, 0.1) is 0 Å². The molecule has 0 bridgehead atoms. The summed E-state index contributed by atoms with van der Waals surface area (Å²) in [7, 11) is 0. The zero-order valence-electron chi connectivity index (χ0n) is 17.5. The van der Waals surface area contributed by atoms with Crippen LogP contribution in [-0.2, 0) is 5.60 Å². The fourth-order valence-corrected chi connectivity index (χ4v) is 4.28. The van der Waals surface area contributed by atoms with Crippen molar-refractivity contribution in [2.24, 2.45) is 11.8 Å². The Morgan fingerprint density at radius 2 is 1.18 bits per heavy atom. The fourth-order valence-electron chi connectivity index (χ4n) is 3.75. The molecule has 0 spiro atoms. The van der Waals surface area contributed by atoms with Gasteiger partial charge in [0.2, 0.25) is 0 Å². The molecule has 1 N–H and O–H groups in total. The second kappa shape index (κ2) is 10.9. The van der Waals surface area contributed by atoms with Crippen LogP contribution in [0.15, 0.2) is 57.5 Å². The Balaban J connectivity index is 2.20. The summed E-state index contributed by atoms with van der Waals surface area (Å²) in [4.78, 5) is 2.54. The second-order valence-corrected chi connectivity index (χ2v) is 10.4. The zero-order chi connectivity index (χ0) is 20.7. The number of hydrogen-bond donors (Lipinski definition) is 1. The van der Waals surface area contributed by atoms with Crippen molar-refractivity contribution in [3.8, 4) is 0 Å². The molecule has 2 nitrogen and oxygen atoms in total. The summed E-state index contributed by atoms with van der Waals surface area (Å²) in [6, 6.07) is 16.1. The van der Waals surface area contributed by atoms with Gasteiger partial charge in [-0.05, 0) is 66.6 Å². The van der Waals surface area contributed by atoms with Gasteiger partial charge in [-0.15, -0.1) is 0 Å². The normalized spacial score (nSPS) is 12.4. The predicted octanol–water partition coefficient (Wildman–Crippen LogP) is 6.84. The molecule has 154 valence electrons. The highest BCUT2D eigenvalue weighted by atomic mass is 79.9. The van der Waals surface area contributed by atoms with Crippen molar-refractivity contribution in [2.75, 3.05) is 19.6 Å². The van der Waals surface area contributed by atoms with Crippen molar-refractivity contribution in [2.45, 2.75) is 46.1 Å². The molecule has 0 fully saturated rings. The summed E-state index contributed by atoms with van der Waals surface area (Å²) >= 11 is 7.00. The van der Waals surface area contributed by atoms with Gasteiger partial charge >= 0.3 is 0 Å². The van der Waals surface area contributed by atoms with Crippen molar-refractivity contribution in [3.63, 3.8) is 0 Å². The molecular formula is C24H33Br2NO. The first-order valence-electron chi connectivity index (χ1n) is 10.2. The highest BCUT2D eigenvalue weighted by molar-refractivity contribution is 9.10. The zero-order valence-corrected chi connectivity index (χ0v) is 20.6. The van der Waals surface area contributed by atoms with Crippen LogP contribution in [0, 0.1) is 11.8 Å². The third-order valence-electron chi connectivity index (χ3n) is 4.90. The molecule has 2 rings (SSSR count). The maximum atomic E-state index is 11.8. The number of rotatable bonds is 10. The van der Waals surface area contributed by atoms with E-state index in [9.17, 15) is 5.11 Å². The van der Waals surface area contributed by atoms with Gasteiger partial charge in [0, 0.05) is 22.0 Å². The Morgan fingerprint density at radius 3 is 1.54 bits per heavy atom. The molecule has 2 aromatic rings. The largest absolute Gasteiger partial charge is 0.380 e. The van der Waals surface area contributed by atoms with Gasteiger partial charge in [0.15, 0.2) is 0 Å². The van der Waals surface area contributed by atoms with Crippen molar-refractivity contribution >= 4 is 31.9 Å². The molecule has 0 amide bonds. The van der Waals surface area contributed by atoms with E-state index in [0.29, 0.717) is 18.3 Å². The van der Waals surface area contributed by atoms with E-state index in [4.69, 9.17) is 0 Å². The Hall–Kier alpha value is -0.680. The van der Waals surface area contributed by atoms with E-state index in [1.807, 2.05) is 48.5 Å². The summed E-state index contributed by atoms with van der Waals surface area (Å²) in [6.07, 6.45) is 1.64. The van der Waals surface area contributed by atoms with E-state index in [0.717, 1.165) is 46.1 Å². The highest BCUT2D eigenvalue weighted by Gasteiger charge is 2.31. The number of hydrogen-bond acceptors (Lipinski definition) is 2. The van der Waals surface area contributed by atoms with Crippen LogP contribution in [0.3, 0.4) is 0 Å². The van der Waals surface area contributed by atoms with Crippen LogP contribution in [0.25, 0.3) is 0 Å². The quantitative estimate of drug-likeness (QED) is 0.378. The van der Waals surface area contributed by atoms with E-state index in [1.165, 1.54) is 0 Å². The number of aliphatic hydroxyl groups is 1. The average Bonchev–Trinajstić information content (AvgIpc) is 2.61. The first kappa shape index (κ1) is 23.6. The van der Waals surface area contributed by atoms with Crippen LogP contribution in [-0.4, -0.2) is 29.6 Å². The molecule has 0 heterocycles. The van der Waals surface area contributed by atoms with Crippen LogP contribution in [0.4, 0.5) is 0 Å². The fraction of sp³-hybridized carbons (Fsp3) is 0.500. The van der Waals surface area contributed by atoms with E-state index in [-0.39, 0.29) is 0 Å². The van der Waals surface area contributed by atoms with Gasteiger partial charge < -0.3 is 10.0 Å². The lowest BCUT2D eigenvalue weighted by atomic mass is 9.82. The summed E-state index contributed by atoms with van der Waals surface area (Å²) in [5.41, 5.74) is 0.900. The monoisotopic (exact) mass is 509 g/mol. The van der Waals surface area contributed by atoms with E-state index < -0.39 is 5.60 Å². The van der Waals surface area contributed by atoms with Crippen LogP contribution in [0.1, 0.15) is 51.7 Å². The number of halogens is 2. The summed E-state index contributed by atoms with van der Waals surface area (Å²) < 4.78 is 2.05. The van der Waals surface area contributed by atoms with E-state index in [1.54, 1.807) is 0 Å². The molecule has 28 heavy (non-hydrogen) atoms. The third-order valence-corrected chi connectivity index (χ3v) is 5.96. The average molecular weight is 511 g/mol. The maximum absolute atomic E-state index is 11.8. The predicted molar refractivity (Wildman–Crippen MR) is 127 cm³/mol. The molecule has 0 aliphatic heterocycles. The molecular weight excluding hydrogens is 478 g/mol. The lowest BCUT2D eigenvalue weighted by Gasteiger charge is -2.32. The lowest BCUT2D eigenvalue weighted by molar-refractivity contribution is 0.0636. The van der Waals surface area contributed by atoms with Crippen LogP contribution < -0.4 is 0 Å². The topological polar surface area (TPSA) is 23.5 Å². The maximum Gasteiger partial charge on any atom is 0.115 e. The highest BCUT2D eigenvalue weighted by Crippen LogP contribution is 2.35. The van der Waals surface area contributed by atoms with Gasteiger partial charge in [-0.1, -0.05) is 83.8 Å². The van der Waals surface area contributed by atoms with Gasteiger partial charge in [0.1, 0.15) is 5.60 Å². The summed E-state index contributed by atoms with van der Waals surface area (Å²) in [5, 5.41) is 11.8. The Kier molecular flexibility index (Phi) is 9.20. The lowest BCUT2D eigenvalue weighted by Crippen LogP contribution is -2.34. The molecule has 0 atom stereocenters.